The number of nitrogens with zero attached hydrogens (tertiary/aromatic N) is 7. The number of amides is 2. The highest BCUT2D eigenvalue weighted by molar-refractivity contribution is 7.22. The third kappa shape index (κ3) is 4.64. The van der Waals surface area contributed by atoms with E-state index >= 15 is 4.39 Å². The summed E-state index contributed by atoms with van der Waals surface area (Å²) in [4.78, 5) is 33.3. The van der Waals surface area contributed by atoms with Crippen LogP contribution in [0.25, 0.3) is 32.2 Å². The maximum atomic E-state index is 17.2. The van der Waals surface area contributed by atoms with Crippen molar-refractivity contribution in [3.8, 4) is 23.2 Å². The fourth-order valence-electron chi connectivity index (χ4n) is 10.8. The molecule has 2 aromatic carbocycles. The smallest absolute Gasteiger partial charge is 0.321 e. The molecule has 2 N–H and O–H groups in total. The van der Waals surface area contributed by atoms with Crippen LogP contribution in [0, 0.1) is 40.7 Å². The Morgan fingerprint density at radius 3 is 2.81 bits per heavy atom. The molecule has 10 nitrogen and oxygen atoms in total. The van der Waals surface area contributed by atoms with Crippen molar-refractivity contribution >= 4 is 55.2 Å². The molecule has 6 heterocycles. The van der Waals surface area contributed by atoms with Gasteiger partial charge >= 0.3 is 12.0 Å². The van der Waals surface area contributed by atoms with Crippen molar-refractivity contribution in [1.29, 1.82) is 5.26 Å². The molecule has 4 unspecified atom stereocenters. The molecule has 2 aliphatic carbocycles. The van der Waals surface area contributed by atoms with Gasteiger partial charge in [-0.3, -0.25) is 4.90 Å². The average molecular weight is 749 g/mol. The summed E-state index contributed by atoms with van der Waals surface area (Å²) < 4.78 is 53.2. The number of ether oxygens (including phenoxy) is 1. The van der Waals surface area contributed by atoms with Crippen LogP contribution in [0.2, 0.25) is 5.02 Å². The number of halogens is 4. The van der Waals surface area contributed by atoms with Crippen LogP contribution in [0.4, 0.5) is 23.1 Å². The maximum Gasteiger partial charge on any atom is 0.321 e. The number of alkyl halides is 1. The Labute approximate surface area is 306 Å². The van der Waals surface area contributed by atoms with Gasteiger partial charge in [0.15, 0.2) is 10.9 Å². The van der Waals surface area contributed by atoms with Crippen LogP contribution in [-0.4, -0.2) is 92.8 Å². The summed E-state index contributed by atoms with van der Waals surface area (Å²) in [5, 5.41) is 10.2. The van der Waals surface area contributed by atoms with E-state index in [9.17, 15) is 18.8 Å². The molecule has 4 aromatic rings. The molecule has 2 bridgehead atoms. The number of likely N-dealkylation sites (tertiary alicyclic amines) is 2. The first-order valence-corrected chi connectivity index (χ1v) is 19.3. The first-order valence-electron chi connectivity index (χ1n) is 18.1. The average Bonchev–Trinajstić information content (AvgIpc) is 3.79. The number of fused-ring (bicyclic) bond motifs is 4. The number of benzene rings is 2. The number of rotatable bonds is 5. The summed E-state index contributed by atoms with van der Waals surface area (Å²) in [6.45, 7) is 3.16. The summed E-state index contributed by atoms with van der Waals surface area (Å²) >= 11 is 7.95. The highest BCUT2D eigenvalue weighted by atomic mass is 35.5. The van der Waals surface area contributed by atoms with Crippen LogP contribution in [0.5, 0.6) is 6.01 Å². The second kappa shape index (κ2) is 11.5. The molecule has 2 aromatic heterocycles. The number of carbonyl (C=O) groups excluding carboxylic acids is 1. The van der Waals surface area contributed by atoms with Crippen LogP contribution >= 0.6 is 22.9 Å². The van der Waals surface area contributed by atoms with Crippen molar-refractivity contribution in [2.24, 2.45) is 17.8 Å². The van der Waals surface area contributed by atoms with E-state index in [4.69, 9.17) is 27.1 Å². The lowest BCUT2D eigenvalue weighted by Gasteiger charge is -2.54. The Bertz CT molecular complexity index is 2230. The molecule has 6 aliphatic rings. The fraction of sp³-hybridized carbons (Fsp3) is 0.541. The molecular formula is C37H36ClF3N8O2S. The molecule has 15 heteroatoms. The van der Waals surface area contributed by atoms with Gasteiger partial charge in [-0.2, -0.15) is 15.2 Å². The molecule has 0 radical (unpaired) electrons. The summed E-state index contributed by atoms with van der Waals surface area (Å²) in [6.07, 6.45) is 4.31. The van der Waals surface area contributed by atoms with E-state index in [1.165, 1.54) is 12.1 Å². The van der Waals surface area contributed by atoms with Crippen LogP contribution in [0.15, 0.2) is 18.2 Å². The van der Waals surface area contributed by atoms with Gasteiger partial charge in [-0.1, -0.05) is 22.9 Å². The number of urea groups is 1. The van der Waals surface area contributed by atoms with Crippen molar-refractivity contribution in [3.05, 3.63) is 40.6 Å². The number of anilines is 1. The maximum absolute atomic E-state index is 17.2. The highest BCUT2D eigenvalue weighted by Gasteiger charge is 2.63. The predicted molar refractivity (Wildman–Crippen MR) is 190 cm³/mol. The van der Waals surface area contributed by atoms with E-state index in [-0.39, 0.29) is 73.9 Å². The molecule has 7 atom stereocenters. The standard InChI is InChI=1S/C37H36ClF3N8O2S/c38-25-9-23-29(28(41)27(25)22-2-3-26(40)31-30(22)44-33(43)52-31)45-34(51-17-36-5-1-6-48(36)16-20(39)12-36)46-32(23)37-10-18-8-24(37)19(11-37)15-47(14-18)35(50)49-7-4-21(49)13-42/h2-3,9,18-21,24H,1,4-8,10-12,14-17H2,(H2,43,44)/t18?,19?,20-,21-,24?,36+,37?/m1/s1. The predicted octanol–water partition coefficient (Wildman–Crippen LogP) is 6.69. The van der Waals surface area contributed by atoms with Crippen molar-refractivity contribution in [2.45, 2.75) is 68.1 Å². The number of aromatic nitrogens is 3. The van der Waals surface area contributed by atoms with Crippen molar-refractivity contribution in [2.75, 3.05) is 45.1 Å². The first kappa shape index (κ1) is 32.7. The van der Waals surface area contributed by atoms with Gasteiger partial charge in [0, 0.05) is 54.5 Å². The Morgan fingerprint density at radius 1 is 1.13 bits per heavy atom. The molecular weight excluding hydrogens is 713 g/mol. The highest BCUT2D eigenvalue weighted by Crippen LogP contribution is 2.65. The van der Waals surface area contributed by atoms with E-state index in [0.29, 0.717) is 55.7 Å². The van der Waals surface area contributed by atoms with Crippen molar-refractivity contribution < 1.29 is 22.7 Å². The minimum Gasteiger partial charge on any atom is -0.461 e. The molecule has 6 fully saturated rings. The molecule has 2 amide bonds. The Kier molecular flexibility index (Phi) is 7.25. The number of hydrogen-bond acceptors (Lipinski definition) is 9. The number of nitrogens with two attached hydrogens (primary N) is 1. The molecule has 10 rings (SSSR count). The second-order valence-corrected chi connectivity index (χ2v) is 17.3. The van der Waals surface area contributed by atoms with E-state index in [1.807, 2.05) is 4.90 Å². The van der Waals surface area contributed by atoms with E-state index in [2.05, 4.69) is 20.9 Å². The number of hydrogen-bond donors (Lipinski definition) is 1. The van der Waals surface area contributed by atoms with Gasteiger partial charge in [0.05, 0.1) is 32.5 Å². The lowest BCUT2D eigenvalue weighted by atomic mass is 9.53. The zero-order valence-corrected chi connectivity index (χ0v) is 29.8. The van der Waals surface area contributed by atoms with Crippen molar-refractivity contribution in [3.63, 3.8) is 0 Å². The number of nitrogen functional groups attached to an aromatic ring is 1. The molecule has 4 saturated heterocycles. The molecule has 270 valence electrons. The summed E-state index contributed by atoms with van der Waals surface area (Å²) in [5.74, 6) is -0.576. The minimum absolute atomic E-state index is 0.0366. The first-order chi connectivity index (χ1) is 25.1. The zero-order valence-electron chi connectivity index (χ0n) is 28.3. The largest absolute Gasteiger partial charge is 0.461 e. The summed E-state index contributed by atoms with van der Waals surface area (Å²) in [5.41, 5.74) is 6.41. The molecule has 52 heavy (non-hydrogen) atoms. The molecule has 0 spiro atoms. The van der Waals surface area contributed by atoms with Gasteiger partial charge in [-0.15, -0.1) is 0 Å². The van der Waals surface area contributed by atoms with E-state index < -0.39 is 28.8 Å². The second-order valence-electron chi connectivity index (χ2n) is 15.8. The number of carbonyl (C=O) groups is 1. The van der Waals surface area contributed by atoms with Gasteiger partial charge in [0.25, 0.3) is 0 Å². The van der Waals surface area contributed by atoms with Crippen LogP contribution in [0.3, 0.4) is 0 Å². The van der Waals surface area contributed by atoms with Crippen LogP contribution < -0.4 is 10.5 Å². The SMILES string of the molecule is N#C[C@H]1CCN1C(=O)N1CC2CC3C(C1)CC3(c1nc(OC[C@@]34CCCN3C[C@H](F)C4)nc3c(F)c(-c4ccc(F)c5sc(N)nc45)c(Cl)cc13)C2. The van der Waals surface area contributed by atoms with Crippen LogP contribution in [0.1, 0.15) is 50.6 Å². The lowest BCUT2D eigenvalue weighted by Crippen LogP contribution is -2.59. The topological polar surface area (TPSA) is 124 Å². The van der Waals surface area contributed by atoms with Gasteiger partial charge in [0.1, 0.15) is 30.2 Å². The fourth-order valence-corrected chi connectivity index (χ4v) is 11.9. The lowest BCUT2D eigenvalue weighted by molar-refractivity contribution is 0.0210. The van der Waals surface area contributed by atoms with E-state index in [1.54, 1.807) is 11.0 Å². The third-order valence-electron chi connectivity index (χ3n) is 13.1. The molecule has 2 saturated carbocycles. The Hall–Kier alpha value is -3.93. The zero-order chi connectivity index (χ0) is 35.7. The quantitative estimate of drug-likeness (QED) is 0.240. The summed E-state index contributed by atoms with van der Waals surface area (Å²) in [6, 6.07) is 6.27. The Morgan fingerprint density at radius 2 is 2.00 bits per heavy atom. The van der Waals surface area contributed by atoms with Gasteiger partial charge in [0.2, 0.25) is 0 Å². The Balaban J connectivity index is 1.06. The van der Waals surface area contributed by atoms with Crippen LogP contribution in [-0.2, 0) is 5.41 Å². The number of nitriles is 1. The van der Waals surface area contributed by atoms with Gasteiger partial charge in [-0.25, -0.2) is 22.9 Å². The normalized spacial score (nSPS) is 32.1. The third-order valence-corrected chi connectivity index (χ3v) is 14.3. The van der Waals surface area contributed by atoms with Crippen molar-refractivity contribution in [1.82, 2.24) is 29.7 Å². The number of thiazole rings is 1. The van der Waals surface area contributed by atoms with Gasteiger partial charge in [-0.05, 0) is 81.0 Å². The summed E-state index contributed by atoms with van der Waals surface area (Å²) in [7, 11) is 0. The minimum atomic E-state index is -0.933. The molecule has 4 aliphatic heterocycles. The van der Waals surface area contributed by atoms with E-state index in [0.717, 1.165) is 50.0 Å². The monoisotopic (exact) mass is 748 g/mol. The van der Waals surface area contributed by atoms with Gasteiger partial charge < -0.3 is 20.3 Å².